The highest BCUT2D eigenvalue weighted by molar-refractivity contribution is 7.89. The van der Waals surface area contributed by atoms with Crippen molar-refractivity contribution in [2.75, 3.05) is 0 Å². The van der Waals surface area contributed by atoms with Gasteiger partial charge in [0, 0.05) is 6.04 Å². The van der Waals surface area contributed by atoms with E-state index in [9.17, 15) is 13.2 Å². The summed E-state index contributed by atoms with van der Waals surface area (Å²) in [5, 5.41) is 8.90. The lowest BCUT2D eigenvalue weighted by molar-refractivity contribution is 0.0696. The highest BCUT2D eigenvalue weighted by atomic mass is 32.2. The van der Waals surface area contributed by atoms with Gasteiger partial charge in [0.05, 0.1) is 10.5 Å². The third-order valence-corrected chi connectivity index (χ3v) is 4.20. The Morgan fingerprint density at radius 3 is 2.63 bits per heavy atom. The van der Waals surface area contributed by atoms with E-state index in [1.54, 1.807) is 19.9 Å². The highest BCUT2D eigenvalue weighted by Gasteiger charge is 2.18. The Bertz CT molecular complexity index is 593. The van der Waals surface area contributed by atoms with Crippen LogP contribution >= 0.6 is 0 Å². The summed E-state index contributed by atoms with van der Waals surface area (Å²) in [6.07, 6.45) is 2.15. The molecule has 19 heavy (non-hydrogen) atoms. The molecule has 1 rings (SSSR count). The van der Waals surface area contributed by atoms with Crippen LogP contribution in [0.15, 0.2) is 35.7 Å². The first kappa shape index (κ1) is 15.4. The van der Waals surface area contributed by atoms with Gasteiger partial charge < -0.3 is 5.11 Å². The SMILES string of the molecule is C=CCC(C)NS(=O)(=O)c1ccc(C(=O)O)c(C)c1. The summed E-state index contributed by atoms with van der Waals surface area (Å²) in [6.45, 7) is 6.85. The number of carboxylic acids is 1. The van der Waals surface area contributed by atoms with Crippen LogP contribution in [0, 0.1) is 6.92 Å². The lowest BCUT2D eigenvalue weighted by atomic mass is 10.1. The van der Waals surface area contributed by atoms with Gasteiger partial charge in [-0.2, -0.15) is 0 Å². The maximum absolute atomic E-state index is 12.1. The summed E-state index contributed by atoms with van der Waals surface area (Å²) >= 11 is 0. The average molecular weight is 283 g/mol. The van der Waals surface area contributed by atoms with Gasteiger partial charge in [0.15, 0.2) is 0 Å². The van der Waals surface area contributed by atoms with E-state index in [0.29, 0.717) is 12.0 Å². The Balaban J connectivity index is 3.06. The van der Waals surface area contributed by atoms with Gasteiger partial charge in [-0.3, -0.25) is 0 Å². The number of sulfonamides is 1. The fourth-order valence-electron chi connectivity index (χ4n) is 1.67. The molecule has 0 aromatic heterocycles. The van der Waals surface area contributed by atoms with Gasteiger partial charge in [0.1, 0.15) is 0 Å². The number of rotatable bonds is 6. The van der Waals surface area contributed by atoms with Crippen molar-refractivity contribution < 1.29 is 18.3 Å². The van der Waals surface area contributed by atoms with Crippen LogP contribution in [0.4, 0.5) is 0 Å². The van der Waals surface area contributed by atoms with Gasteiger partial charge >= 0.3 is 5.97 Å². The van der Waals surface area contributed by atoms with E-state index in [1.807, 2.05) is 0 Å². The molecule has 0 radical (unpaired) electrons. The second kappa shape index (κ2) is 5.99. The Morgan fingerprint density at radius 2 is 2.16 bits per heavy atom. The topological polar surface area (TPSA) is 83.5 Å². The van der Waals surface area contributed by atoms with Crippen LogP contribution in [0.3, 0.4) is 0 Å². The van der Waals surface area contributed by atoms with Crippen LogP contribution < -0.4 is 4.72 Å². The summed E-state index contributed by atoms with van der Waals surface area (Å²) < 4.78 is 26.6. The van der Waals surface area contributed by atoms with Crippen LogP contribution in [-0.4, -0.2) is 25.5 Å². The van der Waals surface area contributed by atoms with Gasteiger partial charge in [0.2, 0.25) is 10.0 Å². The van der Waals surface area contributed by atoms with E-state index in [2.05, 4.69) is 11.3 Å². The number of hydrogen-bond donors (Lipinski definition) is 2. The zero-order chi connectivity index (χ0) is 14.6. The van der Waals surface area contributed by atoms with E-state index in [-0.39, 0.29) is 16.5 Å². The van der Waals surface area contributed by atoms with Crippen molar-refractivity contribution >= 4 is 16.0 Å². The zero-order valence-corrected chi connectivity index (χ0v) is 11.7. The molecule has 6 heteroatoms. The molecule has 0 saturated heterocycles. The Morgan fingerprint density at radius 1 is 1.53 bits per heavy atom. The van der Waals surface area contributed by atoms with Crippen molar-refractivity contribution in [3.05, 3.63) is 42.0 Å². The molecule has 0 spiro atoms. The molecule has 104 valence electrons. The molecule has 0 heterocycles. The number of benzene rings is 1. The maximum Gasteiger partial charge on any atom is 0.335 e. The predicted octanol–water partition coefficient (Wildman–Crippen LogP) is 1.94. The molecule has 0 saturated carbocycles. The number of aromatic carboxylic acids is 1. The van der Waals surface area contributed by atoms with Crippen LogP contribution in [0.25, 0.3) is 0 Å². The Hall–Kier alpha value is -1.66. The first-order chi connectivity index (χ1) is 8.77. The summed E-state index contributed by atoms with van der Waals surface area (Å²) in [5.41, 5.74) is 0.504. The molecule has 1 aromatic rings. The summed E-state index contributed by atoms with van der Waals surface area (Å²) in [6, 6.07) is 3.68. The number of hydrogen-bond acceptors (Lipinski definition) is 3. The van der Waals surface area contributed by atoms with Gasteiger partial charge in [0.25, 0.3) is 0 Å². The molecule has 0 fully saturated rings. The molecule has 1 unspecified atom stereocenters. The third kappa shape index (κ3) is 3.90. The fourth-order valence-corrected chi connectivity index (χ4v) is 3.02. The van der Waals surface area contributed by atoms with Crippen molar-refractivity contribution in [2.45, 2.75) is 31.2 Å². The van der Waals surface area contributed by atoms with Crippen molar-refractivity contribution in [3.8, 4) is 0 Å². The van der Waals surface area contributed by atoms with Gasteiger partial charge in [-0.25, -0.2) is 17.9 Å². The average Bonchev–Trinajstić information content (AvgIpc) is 2.27. The minimum atomic E-state index is -3.64. The number of carbonyl (C=O) groups is 1. The monoisotopic (exact) mass is 283 g/mol. The third-order valence-electron chi connectivity index (χ3n) is 2.62. The maximum atomic E-state index is 12.1. The number of carboxylic acid groups (broad SMARTS) is 1. The summed E-state index contributed by atoms with van der Waals surface area (Å²) in [7, 11) is -3.64. The summed E-state index contributed by atoms with van der Waals surface area (Å²) in [5.74, 6) is -1.07. The van der Waals surface area contributed by atoms with E-state index in [0.717, 1.165) is 0 Å². The van der Waals surface area contributed by atoms with Crippen LogP contribution in [0.5, 0.6) is 0 Å². The van der Waals surface area contributed by atoms with E-state index in [4.69, 9.17) is 5.11 Å². The van der Waals surface area contributed by atoms with Crippen molar-refractivity contribution in [1.82, 2.24) is 4.72 Å². The van der Waals surface area contributed by atoms with E-state index < -0.39 is 16.0 Å². The van der Waals surface area contributed by atoms with E-state index in [1.165, 1.54) is 18.2 Å². The predicted molar refractivity (Wildman–Crippen MR) is 72.7 cm³/mol. The molecule has 0 aliphatic rings. The molecule has 5 nitrogen and oxygen atoms in total. The fraction of sp³-hybridized carbons (Fsp3) is 0.308. The Kier molecular flexibility index (Phi) is 4.85. The van der Waals surface area contributed by atoms with Gasteiger partial charge in [-0.15, -0.1) is 6.58 Å². The van der Waals surface area contributed by atoms with E-state index >= 15 is 0 Å². The van der Waals surface area contributed by atoms with Crippen LogP contribution in [0.1, 0.15) is 29.3 Å². The lowest BCUT2D eigenvalue weighted by Gasteiger charge is -2.13. The van der Waals surface area contributed by atoms with Crippen molar-refractivity contribution in [2.24, 2.45) is 0 Å². The normalized spacial score (nSPS) is 12.9. The lowest BCUT2D eigenvalue weighted by Crippen LogP contribution is -2.32. The molecular formula is C13H17NO4S. The second-order valence-corrected chi connectivity index (χ2v) is 6.04. The quantitative estimate of drug-likeness (QED) is 0.781. The highest BCUT2D eigenvalue weighted by Crippen LogP contribution is 2.16. The smallest absolute Gasteiger partial charge is 0.335 e. The minimum Gasteiger partial charge on any atom is -0.478 e. The van der Waals surface area contributed by atoms with Crippen molar-refractivity contribution in [1.29, 1.82) is 0 Å². The molecule has 1 aromatic carbocycles. The minimum absolute atomic E-state index is 0.0610. The first-order valence-electron chi connectivity index (χ1n) is 5.75. The van der Waals surface area contributed by atoms with Gasteiger partial charge in [-0.05, 0) is 44.0 Å². The second-order valence-electron chi connectivity index (χ2n) is 4.33. The molecule has 1 atom stereocenters. The Labute approximate surface area is 113 Å². The molecular weight excluding hydrogens is 266 g/mol. The van der Waals surface area contributed by atoms with Crippen LogP contribution in [-0.2, 0) is 10.0 Å². The summed E-state index contributed by atoms with van der Waals surface area (Å²) in [4.78, 5) is 10.9. The largest absolute Gasteiger partial charge is 0.478 e. The molecule has 0 aliphatic heterocycles. The van der Waals surface area contributed by atoms with Crippen LogP contribution in [0.2, 0.25) is 0 Å². The molecule has 2 N–H and O–H groups in total. The first-order valence-corrected chi connectivity index (χ1v) is 7.23. The zero-order valence-electron chi connectivity index (χ0n) is 10.9. The standard InChI is InChI=1S/C13H17NO4S/c1-4-5-10(3)14-19(17,18)11-6-7-12(13(15)16)9(2)8-11/h4,6-8,10,14H,1,5H2,2-3H3,(H,15,16). The number of nitrogens with one attached hydrogen (secondary N) is 1. The van der Waals surface area contributed by atoms with Gasteiger partial charge in [-0.1, -0.05) is 6.08 Å². The molecule has 0 bridgehead atoms. The number of aryl methyl sites for hydroxylation is 1. The molecule has 0 amide bonds. The molecule has 0 aliphatic carbocycles. The van der Waals surface area contributed by atoms with Crippen molar-refractivity contribution in [3.63, 3.8) is 0 Å².